The van der Waals surface area contributed by atoms with E-state index in [0.717, 1.165) is 0 Å². The minimum Gasteiger partial charge on any atom is -0.481 e. The van der Waals surface area contributed by atoms with Crippen LogP contribution in [0.5, 0.6) is 0 Å². The van der Waals surface area contributed by atoms with Crippen LogP contribution in [-0.4, -0.2) is 53.9 Å². The molecule has 2 N–H and O–H groups in total. The maximum absolute atomic E-state index is 12.3. The van der Waals surface area contributed by atoms with E-state index in [1.54, 1.807) is 6.92 Å². The largest absolute Gasteiger partial charge is 0.481 e. The second kappa shape index (κ2) is 4.58. The maximum atomic E-state index is 12.3. The molecule has 7 heteroatoms. The lowest BCUT2D eigenvalue weighted by Gasteiger charge is -2.49. The summed E-state index contributed by atoms with van der Waals surface area (Å²) in [7, 11) is 0. The zero-order valence-corrected chi connectivity index (χ0v) is 8.97. The molecule has 0 saturated carbocycles. The summed E-state index contributed by atoms with van der Waals surface area (Å²) in [5, 5.41) is 11.6. The number of carboxylic acids is 1. The zero-order chi connectivity index (χ0) is 12.4. The molecule has 0 bridgehead atoms. The standard InChI is InChI=1S/C9H15F3N2O2/c1-2-14(6-9(10,11)12)8(3-7(15)16)4-13-5-8/h13H,2-6H2,1H3,(H,15,16). The van der Waals surface area contributed by atoms with Gasteiger partial charge in [0.05, 0.1) is 18.5 Å². The first kappa shape index (κ1) is 13.2. The van der Waals surface area contributed by atoms with Crippen molar-refractivity contribution < 1.29 is 23.1 Å². The molecular weight excluding hydrogens is 225 g/mol. The number of carboxylic acid groups (broad SMARTS) is 1. The van der Waals surface area contributed by atoms with Gasteiger partial charge in [-0.25, -0.2) is 0 Å². The predicted molar refractivity (Wildman–Crippen MR) is 51.2 cm³/mol. The fourth-order valence-electron chi connectivity index (χ4n) is 1.99. The minimum absolute atomic E-state index is 0.189. The average molecular weight is 240 g/mol. The number of hydrogen-bond acceptors (Lipinski definition) is 3. The Morgan fingerprint density at radius 3 is 2.31 bits per heavy atom. The molecule has 94 valence electrons. The minimum atomic E-state index is -4.29. The highest BCUT2D eigenvalue weighted by atomic mass is 19.4. The van der Waals surface area contributed by atoms with Crippen LogP contribution < -0.4 is 5.32 Å². The van der Waals surface area contributed by atoms with Crippen LogP contribution in [0.25, 0.3) is 0 Å². The summed E-state index contributed by atoms with van der Waals surface area (Å²) in [4.78, 5) is 11.9. The highest BCUT2D eigenvalue weighted by Crippen LogP contribution is 2.28. The molecule has 1 heterocycles. The van der Waals surface area contributed by atoms with Crippen LogP contribution >= 0.6 is 0 Å². The van der Waals surface area contributed by atoms with Crippen molar-refractivity contribution in [1.29, 1.82) is 0 Å². The van der Waals surface area contributed by atoms with Gasteiger partial charge in [-0.3, -0.25) is 9.69 Å². The molecule has 0 unspecified atom stereocenters. The molecule has 0 aromatic carbocycles. The van der Waals surface area contributed by atoms with Crippen LogP contribution in [0.3, 0.4) is 0 Å². The van der Waals surface area contributed by atoms with E-state index < -0.39 is 24.2 Å². The molecule has 16 heavy (non-hydrogen) atoms. The third-order valence-corrected chi connectivity index (χ3v) is 2.81. The highest BCUT2D eigenvalue weighted by Gasteiger charge is 2.47. The van der Waals surface area contributed by atoms with Crippen molar-refractivity contribution >= 4 is 5.97 Å². The van der Waals surface area contributed by atoms with Crippen molar-refractivity contribution in [2.75, 3.05) is 26.2 Å². The third kappa shape index (κ3) is 3.08. The SMILES string of the molecule is CCN(CC(F)(F)F)C1(CC(=O)O)CNC1. The second-order valence-corrected chi connectivity index (χ2v) is 4.03. The van der Waals surface area contributed by atoms with E-state index in [9.17, 15) is 18.0 Å². The van der Waals surface area contributed by atoms with E-state index in [-0.39, 0.29) is 13.0 Å². The van der Waals surface area contributed by atoms with Crippen LogP contribution in [0.4, 0.5) is 13.2 Å². The molecule has 0 spiro atoms. The molecule has 1 fully saturated rings. The van der Waals surface area contributed by atoms with E-state index in [4.69, 9.17) is 5.11 Å². The van der Waals surface area contributed by atoms with Gasteiger partial charge in [0.2, 0.25) is 0 Å². The first-order chi connectivity index (χ1) is 7.29. The van der Waals surface area contributed by atoms with Gasteiger partial charge < -0.3 is 10.4 Å². The van der Waals surface area contributed by atoms with Crippen LogP contribution in [0.1, 0.15) is 13.3 Å². The molecule has 4 nitrogen and oxygen atoms in total. The van der Waals surface area contributed by atoms with Crippen LogP contribution in [-0.2, 0) is 4.79 Å². The van der Waals surface area contributed by atoms with Gasteiger partial charge in [-0.2, -0.15) is 13.2 Å². The summed E-state index contributed by atoms with van der Waals surface area (Å²) in [5.41, 5.74) is -0.879. The lowest BCUT2D eigenvalue weighted by atomic mass is 9.86. The van der Waals surface area contributed by atoms with E-state index in [0.29, 0.717) is 13.1 Å². The first-order valence-electron chi connectivity index (χ1n) is 5.03. The number of nitrogens with zero attached hydrogens (tertiary/aromatic N) is 1. The molecule has 0 aliphatic carbocycles. The topological polar surface area (TPSA) is 52.6 Å². The number of aliphatic carboxylic acids is 1. The highest BCUT2D eigenvalue weighted by molar-refractivity contribution is 5.68. The van der Waals surface area contributed by atoms with Gasteiger partial charge in [-0.15, -0.1) is 0 Å². The summed E-state index contributed by atoms with van der Waals surface area (Å²) in [6.07, 6.45) is -4.55. The smallest absolute Gasteiger partial charge is 0.401 e. The molecule has 0 amide bonds. The van der Waals surface area contributed by atoms with E-state index in [1.165, 1.54) is 4.90 Å². The van der Waals surface area contributed by atoms with E-state index >= 15 is 0 Å². The summed E-state index contributed by atoms with van der Waals surface area (Å²) in [6, 6.07) is 0. The van der Waals surface area contributed by atoms with Crippen molar-refractivity contribution in [3.63, 3.8) is 0 Å². The molecule has 1 aliphatic heterocycles. The number of likely N-dealkylation sites (N-methyl/N-ethyl adjacent to an activating group) is 1. The summed E-state index contributed by atoms with van der Waals surface area (Å²) in [6.45, 7) is 1.33. The number of rotatable bonds is 5. The van der Waals surface area contributed by atoms with E-state index in [2.05, 4.69) is 5.32 Å². The molecule has 0 aromatic rings. The fraction of sp³-hybridized carbons (Fsp3) is 0.889. The molecule has 1 rings (SSSR count). The predicted octanol–water partition coefficient (Wildman–Crippen LogP) is 0.687. The molecule has 0 aromatic heterocycles. The molecule has 0 radical (unpaired) electrons. The van der Waals surface area contributed by atoms with Gasteiger partial charge in [0.15, 0.2) is 0 Å². The lowest BCUT2D eigenvalue weighted by molar-refractivity contribution is -0.169. The van der Waals surface area contributed by atoms with Crippen LogP contribution in [0.2, 0.25) is 0 Å². The lowest BCUT2D eigenvalue weighted by Crippen LogP contribution is -2.70. The summed E-state index contributed by atoms with van der Waals surface area (Å²) in [5.74, 6) is -1.07. The monoisotopic (exact) mass is 240 g/mol. The van der Waals surface area contributed by atoms with Crippen molar-refractivity contribution in [2.24, 2.45) is 0 Å². The normalized spacial score (nSPS) is 19.6. The molecule has 0 atom stereocenters. The fourth-order valence-corrected chi connectivity index (χ4v) is 1.99. The van der Waals surface area contributed by atoms with Gasteiger partial charge in [0.1, 0.15) is 0 Å². The number of alkyl halides is 3. The van der Waals surface area contributed by atoms with Crippen LogP contribution in [0.15, 0.2) is 0 Å². The van der Waals surface area contributed by atoms with Crippen LogP contribution in [0, 0.1) is 0 Å². The van der Waals surface area contributed by atoms with Crippen molar-refractivity contribution in [3.05, 3.63) is 0 Å². The third-order valence-electron chi connectivity index (χ3n) is 2.81. The number of carbonyl (C=O) groups is 1. The Morgan fingerprint density at radius 2 is 2.06 bits per heavy atom. The number of nitrogens with one attached hydrogen (secondary N) is 1. The maximum Gasteiger partial charge on any atom is 0.401 e. The molecule has 1 saturated heterocycles. The zero-order valence-electron chi connectivity index (χ0n) is 8.97. The number of hydrogen-bond donors (Lipinski definition) is 2. The van der Waals surface area contributed by atoms with Gasteiger partial charge in [-0.1, -0.05) is 6.92 Å². The second-order valence-electron chi connectivity index (χ2n) is 4.03. The Hall–Kier alpha value is -0.820. The molecular formula is C9H15F3N2O2. The Bertz CT molecular complexity index is 264. The van der Waals surface area contributed by atoms with Gasteiger partial charge >= 0.3 is 12.1 Å². The Morgan fingerprint density at radius 1 is 1.50 bits per heavy atom. The summed E-state index contributed by atoms with van der Waals surface area (Å²) < 4.78 is 36.9. The van der Waals surface area contributed by atoms with Gasteiger partial charge in [0, 0.05) is 13.1 Å². The Balaban J connectivity index is 2.71. The Kier molecular flexibility index (Phi) is 3.80. The Labute approximate surface area is 91.4 Å². The first-order valence-corrected chi connectivity index (χ1v) is 5.03. The summed E-state index contributed by atoms with van der Waals surface area (Å²) >= 11 is 0. The van der Waals surface area contributed by atoms with Crippen molar-refractivity contribution in [2.45, 2.75) is 25.1 Å². The van der Waals surface area contributed by atoms with Gasteiger partial charge in [0.25, 0.3) is 0 Å². The average Bonchev–Trinajstić information content (AvgIpc) is 2.05. The van der Waals surface area contributed by atoms with Crippen molar-refractivity contribution in [1.82, 2.24) is 10.2 Å². The quantitative estimate of drug-likeness (QED) is 0.742. The van der Waals surface area contributed by atoms with E-state index in [1.807, 2.05) is 0 Å². The van der Waals surface area contributed by atoms with Crippen molar-refractivity contribution in [3.8, 4) is 0 Å². The van der Waals surface area contributed by atoms with Gasteiger partial charge in [-0.05, 0) is 6.54 Å². The number of halogens is 3. The molecule has 1 aliphatic rings.